The molecule has 0 aliphatic carbocycles. The molecule has 1 aromatic heterocycles. The van der Waals surface area contributed by atoms with Gasteiger partial charge in [0.05, 0.1) is 23.4 Å². The van der Waals surface area contributed by atoms with Crippen molar-refractivity contribution in [3.63, 3.8) is 0 Å². The van der Waals surface area contributed by atoms with Crippen molar-refractivity contribution in [3.05, 3.63) is 16.6 Å². The summed E-state index contributed by atoms with van der Waals surface area (Å²) in [6.07, 6.45) is 1.69. The molecular formula is C11H17N3O2S. The third-order valence-corrected chi connectivity index (χ3v) is 3.54. The van der Waals surface area contributed by atoms with Crippen molar-refractivity contribution >= 4 is 17.2 Å². The van der Waals surface area contributed by atoms with E-state index < -0.39 is 0 Å². The molecule has 1 aromatic rings. The standard InChI is InChI=1S/C11H17N3O2S/c1-16-9-4-10(13-5-9)11(15)12-3-2-8-6-17-7-14-8/h6-7,9-10,13H,2-5H2,1H3,(H,12,15). The minimum absolute atomic E-state index is 0.0554. The van der Waals surface area contributed by atoms with Crippen LogP contribution in [0.15, 0.2) is 10.9 Å². The van der Waals surface area contributed by atoms with Crippen LogP contribution in [0, 0.1) is 0 Å². The molecule has 0 saturated carbocycles. The van der Waals surface area contributed by atoms with Crippen molar-refractivity contribution in [1.82, 2.24) is 15.6 Å². The van der Waals surface area contributed by atoms with Crippen LogP contribution in [0.4, 0.5) is 0 Å². The Balaban J connectivity index is 1.67. The molecule has 0 aromatic carbocycles. The second-order valence-corrected chi connectivity index (χ2v) is 4.79. The smallest absolute Gasteiger partial charge is 0.237 e. The fraction of sp³-hybridized carbons (Fsp3) is 0.636. The lowest BCUT2D eigenvalue weighted by atomic mass is 10.2. The number of hydrogen-bond acceptors (Lipinski definition) is 5. The summed E-state index contributed by atoms with van der Waals surface area (Å²) in [4.78, 5) is 16.0. The molecule has 6 heteroatoms. The van der Waals surface area contributed by atoms with Crippen molar-refractivity contribution in [2.45, 2.75) is 25.0 Å². The van der Waals surface area contributed by atoms with Gasteiger partial charge in [0, 0.05) is 32.0 Å². The van der Waals surface area contributed by atoms with Gasteiger partial charge in [-0.25, -0.2) is 4.98 Å². The summed E-state index contributed by atoms with van der Waals surface area (Å²) in [5.41, 5.74) is 2.84. The number of carbonyl (C=O) groups excluding carboxylic acids is 1. The van der Waals surface area contributed by atoms with Crippen LogP contribution in [0.3, 0.4) is 0 Å². The summed E-state index contributed by atoms with van der Waals surface area (Å²) >= 11 is 1.57. The lowest BCUT2D eigenvalue weighted by Crippen LogP contribution is -2.41. The summed E-state index contributed by atoms with van der Waals surface area (Å²) in [6, 6.07) is -0.115. The Morgan fingerprint density at radius 2 is 2.65 bits per heavy atom. The molecule has 1 aliphatic rings. The molecule has 2 unspecified atom stereocenters. The molecule has 2 atom stereocenters. The van der Waals surface area contributed by atoms with E-state index in [0.29, 0.717) is 6.54 Å². The van der Waals surface area contributed by atoms with E-state index in [2.05, 4.69) is 15.6 Å². The van der Waals surface area contributed by atoms with E-state index in [1.165, 1.54) is 0 Å². The number of aromatic nitrogens is 1. The van der Waals surface area contributed by atoms with E-state index in [4.69, 9.17) is 4.74 Å². The molecule has 0 spiro atoms. The molecule has 0 bridgehead atoms. The van der Waals surface area contributed by atoms with Gasteiger partial charge in [-0.3, -0.25) is 4.79 Å². The summed E-state index contributed by atoms with van der Waals surface area (Å²) in [6.45, 7) is 1.39. The van der Waals surface area contributed by atoms with Crippen molar-refractivity contribution in [1.29, 1.82) is 0 Å². The second-order valence-electron chi connectivity index (χ2n) is 4.08. The Bertz CT molecular complexity index is 356. The second kappa shape index (κ2) is 6.09. The van der Waals surface area contributed by atoms with Crippen LogP contribution in [0.5, 0.6) is 0 Å². The predicted octanol–water partition coefficient (Wildman–Crippen LogP) is 0.179. The minimum Gasteiger partial charge on any atom is -0.380 e. The predicted molar refractivity (Wildman–Crippen MR) is 66.0 cm³/mol. The molecule has 2 N–H and O–H groups in total. The van der Waals surface area contributed by atoms with E-state index in [-0.39, 0.29) is 18.1 Å². The van der Waals surface area contributed by atoms with Gasteiger partial charge < -0.3 is 15.4 Å². The van der Waals surface area contributed by atoms with Crippen molar-refractivity contribution in [3.8, 4) is 0 Å². The topological polar surface area (TPSA) is 63.2 Å². The first-order chi connectivity index (χ1) is 8.29. The number of ether oxygens (including phenoxy) is 1. The number of thiazole rings is 1. The first-order valence-corrected chi connectivity index (χ1v) is 6.65. The summed E-state index contributed by atoms with van der Waals surface area (Å²) in [7, 11) is 1.68. The zero-order valence-corrected chi connectivity index (χ0v) is 10.6. The lowest BCUT2D eigenvalue weighted by Gasteiger charge is -2.10. The van der Waals surface area contributed by atoms with Crippen LogP contribution in [-0.4, -0.2) is 43.2 Å². The van der Waals surface area contributed by atoms with Gasteiger partial charge in [-0.2, -0.15) is 0 Å². The molecule has 1 amide bonds. The van der Waals surface area contributed by atoms with E-state index >= 15 is 0 Å². The molecule has 1 saturated heterocycles. The zero-order chi connectivity index (χ0) is 12.1. The molecule has 1 aliphatic heterocycles. The number of methoxy groups -OCH3 is 1. The highest BCUT2D eigenvalue weighted by molar-refractivity contribution is 7.07. The molecule has 0 radical (unpaired) electrons. The maximum Gasteiger partial charge on any atom is 0.237 e. The van der Waals surface area contributed by atoms with Crippen molar-refractivity contribution < 1.29 is 9.53 Å². The van der Waals surface area contributed by atoms with E-state index in [1.807, 2.05) is 5.38 Å². The van der Waals surface area contributed by atoms with Gasteiger partial charge in [0.25, 0.3) is 0 Å². The lowest BCUT2D eigenvalue weighted by molar-refractivity contribution is -0.122. The monoisotopic (exact) mass is 255 g/mol. The zero-order valence-electron chi connectivity index (χ0n) is 9.81. The molecule has 17 heavy (non-hydrogen) atoms. The largest absolute Gasteiger partial charge is 0.380 e. The van der Waals surface area contributed by atoms with Crippen LogP contribution in [-0.2, 0) is 16.0 Å². The van der Waals surface area contributed by atoms with Crippen LogP contribution in [0.25, 0.3) is 0 Å². The fourth-order valence-electron chi connectivity index (χ4n) is 1.88. The van der Waals surface area contributed by atoms with Crippen LogP contribution in [0.2, 0.25) is 0 Å². The number of amides is 1. The molecule has 2 rings (SSSR count). The van der Waals surface area contributed by atoms with Gasteiger partial charge in [-0.15, -0.1) is 11.3 Å². The van der Waals surface area contributed by atoms with Crippen molar-refractivity contribution in [2.75, 3.05) is 20.2 Å². The van der Waals surface area contributed by atoms with Crippen LogP contribution < -0.4 is 10.6 Å². The Morgan fingerprint density at radius 3 is 3.29 bits per heavy atom. The highest BCUT2D eigenvalue weighted by atomic mass is 32.1. The number of nitrogens with zero attached hydrogens (tertiary/aromatic N) is 1. The van der Waals surface area contributed by atoms with E-state index in [0.717, 1.165) is 25.1 Å². The number of carbonyl (C=O) groups is 1. The quantitative estimate of drug-likeness (QED) is 0.788. The Labute approximate surface area is 105 Å². The molecule has 5 nitrogen and oxygen atoms in total. The Kier molecular flexibility index (Phi) is 4.47. The highest BCUT2D eigenvalue weighted by Crippen LogP contribution is 2.09. The average Bonchev–Trinajstić information content (AvgIpc) is 2.99. The highest BCUT2D eigenvalue weighted by Gasteiger charge is 2.28. The first-order valence-electron chi connectivity index (χ1n) is 5.70. The van der Waals surface area contributed by atoms with Crippen molar-refractivity contribution in [2.24, 2.45) is 0 Å². The number of nitrogens with one attached hydrogen (secondary N) is 2. The molecular weight excluding hydrogens is 238 g/mol. The first kappa shape index (κ1) is 12.5. The third kappa shape index (κ3) is 3.49. The van der Waals surface area contributed by atoms with E-state index in [9.17, 15) is 4.79 Å². The number of hydrogen-bond donors (Lipinski definition) is 2. The Hall–Kier alpha value is -0.980. The van der Waals surface area contributed by atoms with Gasteiger partial charge >= 0.3 is 0 Å². The molecule has 2 heterocycles. The summed E-state index contributed by atoms with van der Waals surface area (Å²) < 4.78 is 5.20. The van der Waals surface area contributed by atoms with Gasteiger partial charge in [0.1, 0.15) is 0 Å². The van der Waals surface area contributed by atoms with Crippen LogP contribution >= 0.6 is 11.3 Å². The normalized spacial score (nSPS) is 23.8. The summed E-state index contributed by atoms with van der Waals surface area (Å²) in [5, 5.41) is 8.07. The van der Waals surface area contributed by atoms with Gasteiger partial charge in [0.15, 0.2) is 0 Å². The SMILES string of the molecule is COC1CNC(C(=O)NCCc2cscn2)C1. The van der Waals surface area contributed by atoms with Gasteiger partial charge in [-0.05, 0) is 6.42 Å². The summed E-state index contributed by atoms with van der Waals surface area (Å²) in [5.74, 6) is 0.0554. The molecule has 94 valence electrons. The molecule has 1 fully saturated rings. The number of rotatable bonds is 5. The van der Waals surface area contributed by atoms with E-state index in [1.54, 1.807) is 24.0 Å². The maximum atomic E-state index is 11.8. The van der Waals surface area contributed by atoms with Gasteiger partial charge in [-0.1, -0.05) is 0 Å². The van der Waals surface area contributed by atoms with Gasteiger partial charge in [0.2, 0.25) is 5.91 Å². The Morgan fingerprint density at radius 1 is 1.76 bits per heavy atom. The average molecular weight is 255 g/mol. The fourth-order valence-corrected chi connectivity index (χ4v) is 2.47. The van der Waals surface area contributed by atoms with Crippen LogP contribution in [0.1, 0.15) is 12.1 Å². The minimum atomic E-state index is -0.115. The third-order valence-electron chi connectivity index (χ3n) is 2.90. The maximum absolute atomic E-state index is 11.8.